The molecule has 116 valence electrons. The Morgan fingerprint density at radius 3 is 2.57 bits per heavy atom. The monoisotopic (exact) mass is 300 g/mol. The van der Waals surface area contributed by atoms with Crippen molar-refractivity contribution in [1.29, 1.82) is 0 Å². The number of carbonyl (C=O) groups is 2. The molecule has 5 nitrogen and oxygen atoms in total. The first-order valence-electron chi connectivity index (χ1n) is 6.56. The van der Waals surface area contributed by atoms with Gasteiger partial charge in [0.15, 0.2) is 11.6 Å². The Morgan fingerprint density at radius 2 is 2.00 bits per heavy atom. The maximum absolute atomic E-state index is 13.5. The molecule has 0 saturated carbocycles. The summed E-state index contributed by atoms with van der Waals surface area (Å²) < 4.78 is 26.6. The first kappa shape index (κ1) is 16.9. The summed E-state index contributed by atoms with van der Waals surface area (Å²) in [5.41, 5.74) is -0.246. The van der Waals surface area contributed by atoms with Gasteiger partial charge in [-0.25, -0.2) is 13.6 Å². The van der Waals surface area contributed by atoms with Crippen LogP contribution in [-0.4, -0.2) is 34.6 Å². The van der Waals surface area contributed by atoms with Gasteiger partial charge >= 0.3 is 12.0 Å². The van der Waals surface area contributed by atoms with Crippen LogP contribution in [0.4, 0.5) is 19.3 Å². The van der Waals surface area contributed by atoms with Crippen molar-refractivity contribution >= 4 is 17.7 Å². The molecule has 0 radical (unpaired) electrons. The summed E-state index contributed by atoms with van der Waals surface area (Å²) in [5, 5.41) is 10.9. The fourth-order valence-electron chi connectivity index (χ4n) is 1.78. The Hall–Kier alpha value is -2.18. The summed E-state index contributed by atoms with van der Waals surface area (Å²) in [6.07, 6.45) is 0.220. The van der Waals surface area contributed by atoms with Gasteiger partial charge in [0, 0.05) is 19.0 Å². The van der Waals surface area contributed by atoms with Gasteiger partial charge in [-0.2, -0.15) is 0 Å². The average molecular weight is 300 g/mol. The lowest BCUT2D eigenvalue weighted by molar-refractivity contribution is -0.137. The van der Waals surface area contributed by atoms with Gasteiger partial charge in [0.2, 0.25) is 0 Å². The van der Waals surface area contributed by atoms with E-state index in [4.69, 9.17) is 5.11 Å². The highest BCUT2D eigenvalue weighted by Crippen LogP contribution is 2.17. The van der Waals surface area contributed by atoms with Crippen LogP contribution in [0.15, 0.2) is 18.2 Å². The number of aliphatic carboxylic acids is 1. The van der Waals surface area contributed by atoms with E-state index in [0.717, 1.165) is 6.07 Å². The van der Waals surface area contributed by atoms with Crippen LogP contribution < -0.4 is 5.32 Å². The second-order valence-electron chi connectivity index (χ2n) is 4.82. The second kappa shape index (κ2) is 7.56. The van der Waals surface area contributed by atoms with E-state index in [0.29, 0.717) is 0 Å². The molecule has 0 fully saturated rings. The van der Waals surface area contributed by atoms with Crippen molar-refractivity contribution in [3.05, 3.63) is 29.8 Å². The Balaban J connectivity index is 2.73. The molecule has 0 spiro atoms. The van der Waals surface area contributed by atoms with Crippen molar-refractivity contribution < 1.29 is 23.5 Å². The number of hydrogen-bond donors (Lipinski definition) is 2. The quantitative estimate of drug-likeness (QED) is 0.848. The van der Waals surface area contributed by atoms with Crippen LogP contribution in [-0.2, 0) is 4.79 Å². The summed E-state index contributed by atoms with van der Waals surface area (Å²) in [6.45, 7) is 3.72. The summed E-state index contributed by atoms with van der Waals surface area (Å²) in [7, 11) is 0. The Bertz CT molecular complexity index is 521. The van der Waals surface area contributed by atoms with E-state index < -0.39 is 23.6 Å². The molecule has 0 aliphatic heterocycles. The molecule has 0 unspecified atom stereocenters. The van der Waals surface area contributed by atoms with Gasteiger partial charge in [-0.05, 0) is 32.4 Å². The maximum Gasteiger partial charge on any atom is 0.322 e. The molecule has 2 amide bonds. The lowest BCUT2D eigenvalue weighted by Crippen LogP contribution is -2.41. The molecular formula is C14H18F2N2O3. The van der Waals surface area contributed by atoms with Crippen molar-refractivity contribution in [2.45, 2.75) is 32.7 Å². The highest BCUT2D eigenvalue weighted by atomic mass is 19.2. The predicted molar refractivity (Wildman–Crippen MR) is 74.1 cm³/mol. The molecule has 0 aliphatic carbocycles. The molecule has 0 saturated heterocycles. The fourth-order valence-corrected chi connectivity index (χ4v) is 1.78. The largest absolute Gasteiger partial charge is 0.481 e. The molecule has 21 heavy (non-hydrogen) atoms. The van der Waals surface area contributed by atoms with Crippen molar-refractivity contribution in [3.63, 3.8) is 0 Å². The number of nitrogens with one attached hydrogen (secondary N) is 1. The number of benzene rings is 1. The number of urea groups is 1. The normalized spacial score (nSPS) is 10.5. The van der Waals surface area contributed by atoms with Crippen molar-refractivity contribution in [1.82, 2.24) is 4.90 Å². The smallest absolute Gasteiger partial charge is 0.322 e. The van der Waals surface area contributed by atoms with E-state index in [9.17, 15) is 18.4 Å². The fraction of sp³-hybridized carbons (Fsp3) is 0.429. The number of hydrogen-bond acceptors (Lipinski definition) is 2. The van der Waals surface area contributed by atoms with E-state index in [1.807, 2.05) is 0 Å². The van der Waals surface area contributed by atoms with Gasteiger partial charge in [-0.15, -0.1) is 0 Å². The van der Waals surface area contributed by atoms with E-state index >= 15 is 0 Å². The van der Waals surface area contributed by atoms with Gasteiger partial charge in [-0.1, -0.05) is 6.07 Å². The van der Waals surface area contributed by atoms with Crippen LogP contribution >= 0.6 is 0 Å². The predicted octanol–water partition coefficient (Wildman–Crippen LogP) is 3.07. The highest BCUT2D eigenvalue weighted by Gasteiger charge is 2.19. The first-order chi connectivity index (χ1) is 9.82. The standard InChI is InChI=1S/C14H18F2N2O3/c1-9(2)18(8-4-7-12(19)20)14(21)17-11-6-3-5-10(15)13(11)16/h3,5-6,9H,4,7-8H2,1-2H3,(H,17,21)(H,19,20). The minimum Gasteiger partial charge on any atom is -0.481 e. The molecule has 0 aromatic heterocycles. The Labute approximate surface area is 121 Å². The maximum atomic E-state index is 13.5. The van der Waals surface area contributed by atoms with E-state index in [1.54, 1.807) is 13.8 Å². The Kier molecular flexibility index (Phi) is 6.08. The molecule has 7 heteroatoms. The molecule has 0 bridgehead atoms. The van der Waals surface area contributed by atoms with Crippen molar-refractivity contribution in [2.24, 2.45) is 0 Å². The zero-order valence-electron chi connectivity index (χ0n) is 11.9. The van der Waals surface area contributed by atoms with Gasteiger partial charge in [0.1, 0.15) is 0 Å². The molecule has 1 rings (SSSR count). The first-order valence-corrected chi connectivity index (χ1v) is 6.56. The number of amides is 2. The number of carboxylic acid groups (broad SMARTS) is 1. The third-order valence-electron chi connectivity index (χ3n) is 2.87. The van der Waals surface area contributed by atoms with Crippen LogP contribution in [0.1, 0.15) is 26.7 Å². The zero-order valence-corrected chi connectivity index (χ0v) is 11.9. The van der Waals surface area contributed by atoms with E-state index in [-0.39, 0.29) is 31.1 Å². The summed E-state index contributed by atoms with van der Waals surface area (Å²) in [4.78, 5) is 23.9. The minimum atomic E-state index is -1.12. The summed E-state index contributed by atoms with van der Waals surface area (Å²) in [5.74, 6) is -3.12. The molecule has 0 aliphatic rings. The molecule has 1 aromatic rings. The third-order valence-corrected chi connectivity index (χ3v) is 2.87. The zero-order chi connectivity index (χ0) is 16.0. The van der Waals surface area contributed by atoms with Crippen LogP contribution in [0.3, 0.4) is 0 Å². The second-order valence-corrected chi connectivity index (χ2v) is 4.82. The summed E-state index contributed by atoms with van der Waals surface area (Å²) in [6, 6.07) is 2.71. The average Bonchev–Trinajstić information content (AvgIpc) is 2.39. The number of nitrogens with zero attached hydrogens (tertiary/aromatic N) is 1. The van der Waals surface area contributed by atoms with E-state index in [1.165, 1.54) is 17.0 Å². The lowest BCUT2D eigenvalue weighted by atomic mass is 10.2. The topological polar surface area (TPSA) is 69.6 Å². The lowest BCUT2D eigenvalue weighted by Gasteiger charge is -2.26. The highest BCUT2D eigenvalue weighted by molar-refractivity contribution is 5.89. The minimum absolute atomic E-state index is 0.0647. The van der Waals surface area contributed by atoms with Crippen LogP contribution in [0, 0.1) is 11.6 Å². The molecular weight excluding hydrogens is 282 g/mol. The molecule has 0 heterocycles. The molecule has 1 aromatic carbocycles. The van der Waals surface area contributed by atoms with Crippen LogP contribution in [0.25, 0.3) is 0 Å². The number of anilines is 1. The molecule has 0 atom stereocenters. The Morgan fingerprint density at radius 1 is 1.33 bits per heavy atom. The molecule has 2 N–H and O–H groups in total. The number of rotatable bonds is 6. The van der Waals surface area contributed by atoms with Gasteiger partial charge in [0.05, 0.1) is 5.69 Å². The number of carboxylic acids is 1. The van der Waals surface area contributed by atoms with Crippen molar-refractivity contribution in [3.8, 4) is 0 Å². The number of carbonyl (C=O) groups excluding carboxylic acids is 1. The SMILES string of the molecule is CC(C)N(CCCC(=O)O)C(=O)Nc1cccc(F)c1F. The van der Waals surface area contributed by atoms with Gasteiger partial charge in [0.25, 0.3) is 0 Å². The third kappa shape index (κ3) is 5.02. The van der Waals surface area contributed by atoms with Gasteiger partial charge < -0.3 is 15.3 Å². The summed E-state index contributed by atoms with van der Waals surface area (Å²) >= 11 is 0. The van der Waals surface area contributed by atoms with E-state index in [2.05, 4.69) is 5.32 Å². The van der Waals surface area contributed by atoms with Gasteiger partial charge in [-0.3, -0.25) is 4.79 Å². The number of halogens is 2. The van der Waals surface area contributed by atoms with Crippen molar-refractivity contribution in [2.75, 3.05) is 11.9 Å². The van der Waals surface area contributed by atoms with Crippen LogP contribution in [0.5, 0.6) is 0 Å². The van der Waals surface area contributed by atoms with Crippen LogP contribution in [0.2, 0.25) is 0 Å².